The molecule has 0 saturated carbocycles. The van der Waals surface area contributed by atoms with E-state index in [1.165, 1.54) is 5.56 Å². The lowest BCUT2D eigenvalue weighted by molar-refractivity contribution is -0.137. The highest BCUT2D eigenvalue weighted by Crippen LogP contribution is 2.18. The number of carboxylic acids is 1. The second kappa shape index (κ2) is 6.36. The van der Waals surface area contributed by atoms with Gasteiger partial charge in [0.25, 0.3) is 0 Å². The van der Waals surface area contributed by atoms with Crippen molar-refractivity contribution in [1.29, 1.82) is 0 Å². The van der Waals surface area contributed by atoms with Crippen LogP contribution in [0.5, 0.6) is 0 Å². The van der Waals surface area contributed by atoms with Gasteiger partial charge in [-0.05, 0) is 37.8 Å². The molecule has 0 bridgehead atoms. The fourth-order valence-electron chi connectivity index (χ4n) is 1.76. The highest BCUT2D eigenvalue weighted by atomic mass is 16.4. The summed E-state index contributed by atoms with van der Waals surface area (Å²) >= 11 is 0. The third-order valence-electron chi connectivity index (χ3n) is 2.61. The molecule has 0 spiro atoms. The van der Waals surface area contributed by atoms with E-state index in [4.69, 9.17) is 9.52 Å². The summed E-state index contributed by atoms with van der Waals surface area (Å²) in [5, 5.41) is 8.51. The van der Waals surface area contributed by atoms with Gasteiger partial charge in [-0.25, -0.2) is 0 Å². The first-order valence-electron chi connectivity index (χ1n) is 5.93. The highest BCUT2D eigenvalue weighted by Gasteiger charge is 2.06. The molecule has 0 amide bonds. The van der Waals surface area contributed by atoms with Crippen LogP contribution in [0.2, 0.25) is 0 Å². The molecule has 90 valence electrons. The third kappa shape index (κ3) is 4.09. The van der Waals surface area contributed by atoms with Crippen LogP contribution < -0.4 is 0 Å². The molecule has 3 nitrogen and oxygen atoms in total. The average molecular weight is 224 g/mol. The summed E-state index contributed by atoms with van der Waals surface area (Å²) in [5.74, 6) is 1.35. The fourth-order valence-corrected chi connectivity index (χ4v) is 1.76. The number of carbonyl (C=O) groups is 1. The van der Waals surface area contributed by atoms with Crippen LogP contribution in [-0.2, 0) is 17.6 Å². The maximum absolute atomic E-state index is 10.3. The van der Waals surface area contributed by atoms with Crippen molar-refractivity contribution in [1.82, 2.24) is 0 Å². The van der Waals surface area contributed by atoms with E-state index in [0.29, 0.717) is 0 Å². The summed E-state index contributed by atoms with van der Waals surface area (Å²) in [5.41, 5.74) is 1.22. The van der Waals surface area contributed by atoms with Crippen LogP contribution in [0.4, 0.5) is 0 Å². The van der Waals surface area contributed by atoms with Gasteiger partial charge in [-0.2, -0.15) is 0 Å². The largest absolute Gasteiger partial charge is 0.481 e. The van der Waals surface area contributed by atoms with Crippen LogP contribution in [0.1, 0.15) is 49.7 Å². The van der Waals surface area contributed by atoms with E-state index in [9.17, 15) is 4.79 Å². The zero-order valence-electron chi connectivity index (χ0n) is 10.1. The fraction of sp³-hybridized carbons (Fsp3) is 0.615. The Labute approximate surface area is 96.5 Å². The molecule has 0 aliphatic carbocycles. The van der Waals surface area contributed by atoms with E-state index in [1.807, 2.05) is 0 Å². The molecule has 3 heteroatoms. The zero-order valence-corrected chi connectivity index (χ0v) is 10.1. The van der Waals surface area contributed by atoms with E-state index in [-0.39, 0.29) is 6.42 Å². The van der Waals surface area contributed by atoms with Crippen LogP contribution >= 0.6 is 0 Å². The van der Waals surface area contributed by atoms with Crippen molar-refractivity contribution in [3.8, 4) is 0 Å². The van der Waals surface area contributed by atoms with Crippen LogP contribution in [0.15, 0.2) is 10.5 Å². The molecule has 0 unspecified atom stereocenters. The lowest BCUT2D eigenvalue weighted by Crippen LogP contribution is -1.94. The van der Waals surface area contributed by atoms with Gasteiger partial charge >= 0.3 is 5.97 Å². The molecule has 1 aromatic rings. The van der Waals surface area contributed by atoms with Gasteiger partial charge in [-0.1, -0.05) is 6.92 Å². The average Bonchev–Trinajstić information content (AvgIpc) is 2.55. The third-order valence-corrected chi connectivity index (χ3v) is 2.61. The van der Waals surface area contributed by atoms with Crippen molar-refractivity contribution >= 4 is 5.97 Å². The predicted molar refractivity (Wildman–Crippen MR) is 62.6 cm³/mol. The summed E-state index contributed by atoms with van der Waals surface area (Å²) in [7, 11) is 0. The van der Waals surface area contributed by atoms with Gasteiger partial charge in [-0.3, -0.25) is 4.79 Å². The van der Waals surface area contributed by atoms with Gasteiger partial charge < -0.3 is 9.52 Å². The van der Waals surface area contributed by atoms with Crippen LogP contribution in [0.3, 0.4) is 0 Å². The highest BCUT2D eigenvalue weighted by molar-refractivity contribution is 5.66. The van der Waals surface area contributed by atoms with Gasteiger partial charge in [0.15, 0.2) is 0 Å². The summed E-state index contributed by atoms with van der Waals surface area (Å²) in [4.78, 5) is 10.3. The van der Waals surface area contributed by atoms with E-state index in [1.54, 1.807) is 0 Å². The SMILES string of the molecule is CCCc1oc(CCCCC(=O)O)cc1C. The molecular weight excluding hydrogens is 204 g/mol. The number of carboxylic acid groups (broad SMARTS) is 1. The number of rotatable bonds is 7. The number of aliphatic carboxylic acids is 1. The number of unbranched alkanes of at least 4 members (excludes halogenated alkanes) is 1. The van der Waals surface area contributed by atoms with E-state index < -0.39 is 5.97 Å². The van der Waals surface area contributed by atoms with E-state index in [2.05, 4.69) is 19.9 Å². The number of aryl methyl sites for hydroxylation is 3. The maximum atomic E-state index is 10.3. The molecule has 16 heavy (non-hydrogen) atoms. The standard InChI is InChI=1S/C13H20O3/c1-3-6-12-10(2)9-11(16-12)7-4-5-8-13(14)15/h9H,3-8H2,1-2H3,(H,14,15). The van der Waals surface area contributed by atoms with Crippen molar-refractivity contribution in [2.45, 2.75) is 52.4 Å². The van der Waals surface area contributed by atoms with Gasteiger partial charge in [0.1, 0.15) is 11.5 Å². The molecule has 1 aromatic heterocycles. The van der Waals surface area contributed by atoms with Gasteiger partial charge in [0.05, 0.1) is 0 Å². The van der Waals surface area contributed by atoms with E-state index in [0.717, 1.165) is 43.6 Å². The Hall–Kier alpha value is -1.25. The smallest absolute Gasteiger partial charge is 0.303 e. The quantitative estimate of drug-likeness (QED) is 0.723. The van der Waals surface area contributed by atoms with Crippen LogP contribution in [0, 0.1) is 6.92 Å². The van der Waals surface area contributed by atoms with Gasteiger partial charge in [-0.15, -0.1) is 0 Å². The van der Waals surface area contributed by atoms with Gasteiger partial charge in [0, 0.05) is 19.3 Å². The first kappa shape index (κ1) is 12.8. The monoisotopic (exact) mass is 224 g/mol. The Balaban J connectivity index is 2.36. The van der Waals surface area contributed by atoms with Gasteiger partial charge in [0.2, 0.25) is 0 Å². The minimum absolute atomic E-state index is 0.251. The molecule has 0 atom stereocenters. The molecule has 0 aliphatic rings. The Bertz CT molecular complexity index is 339. The predicted octanol–water partition coefficient (Wildman–Crippen LogP) is 3.34. The molecule has 1 rings (SSSR count). The molecule has 0 fully saturated rings. The van der Waals surface area contributed by atoms with Crippen LogP contribution in [0.25, 0.3) is 0 Å². The molecule has 0 aliphatic heterocycles. The van der Waals surface area contributed by atoms with Crippen molar-refractivity contribution < 1.29 is 14.3 Å². The minimum atomic E-state index is -0.720. The topological polar surface area (TPSA) is 50.4 Å². The first-order chi connectivity index (χ1) is 7.63. The molecule has 1 heterocycles. The van der Waals surface area contributed by atoms with Crippen molar-refractivity contribution in [2.75, 3.05) is 0 Å². The Morgan fingerprint density at radius 3 is 2.75 bits per heavy atom. The second-order valence-corrected chi connectivity index (χ2v) is 4.17. The molecule has 0 saturated heterocycles. The molecule has 0 aromatic carbocycles. The van der Waals surface area contributed by atoms with Crippen molar-refractivity contribution in [3.63, 3.8) is 0 Å². The summed E-state index contributed by atoms with van der Waals surface area (Å²) < 4.78 is 5.71. The molecule has 1 N–H and O–H groups in total. The Morgan fingerprint density at radius 1 is 1.38 bits per heavy atom. The maximum Gasteiger partial charge on any atom is 0.303 e. The van der Waals surface area contributed by atoms with Crippen molar-refractivity contribution in [2.24, 2.45) is 0 Å². The number of hydrogen-bond acceptors (Lipinski definition) is 2. The number of furan rings is 1. The summed E-state index contributed by atoms with van der Waals surface area (Å²) in [6.45, 7) is 4.20. The molecular formula is C13H20O3. The van der Waals surface area contributed by atoms with Crippen LogP contribution in [-0.4, -0.2) is 11.1 Å². The second-order valence-electron chi connectivity index (χ2n) is 4.17. The summed E-state index contributed by atoms with van der Waals surface area (Å²) in [6.07, 6.45) is 4.77. The van der Waals surface area contributed by atoms with Crippen molar-refractivity contribution in [3.05, 3.63) is 23.2 Å². The first-order valence-corrected chi connectivity index (χ1v) is 5.93. The molecule has 0 radical (unpaired) electrons. The minimum Gasteiger partial charge on any atom is -0.481 e. The lowest BCUT2D eigenvalue weighted by Gasteiger charge is -1.96. The Morgan fingerprint density at radius 2 is 2.12 bits per heavy atom. The zero-order chi connectivity index (χ0) is 12.0. The number of hydrogen-bond donors (Lipinski definition) is 1. The normalized spacial score (nSPS) is 10.6. The summed E-state index contributed by atoms with van der Waals surface area (Å²) in [6, 6.07) is 2.08. The Kier molecular flexibility index (Phi) is 5.09. The van der Waals surface area contributed by atoms with E-state index >= 15 is 0 Å². The lowest BCUT2D eigenvalue weighted by atomic mass is 10.1.